The molecule has 15 amide bonds. The molecule has 0 saturated heterocycles. The lowest BCUT2D eigenvalue weighted by molar-refractivity contribution is -0.131. The van der Waals surface area contributed by atoms with Gasteiger partial charge in [0.25, 0.3) is 0 Å². The maximum atomic E-state index is 13.2. The summed E-state index contributed by atoms with van der Waals surface area (Å²) < 4.78 is 64.3. The Bertz CT molecular complexity index is 3200. The van der Waals surface area contributed by atoms with Gasteiger partial charge in [0.05, 0.1) is 124 Å². The number of nitrogens with one attached hydrogen (secondary N) is 13. The van der Waals surface area contributed by atoms with Crippen molar-refractivity contribution in [3.05, 3.63) is 0 Å². The molecule has 0 aromatic rings. The van der Waals surface area contributed by atoms with Crippen molar-refractivity contribution < 1.29 is 134 Å². The van der Waals surface area contributed by atoms with Crippen LogP contribution in [0.3, 0.4) is 0 Å². The van der Waals surface area contributed by atoms with Crippen LogP contribution in [-0.2, 0) is 134 Å². The van der Waals surface area contributed by atoms with E-state index in [0.29, 0.717) is 155 Å². The van der Waals surface area contributed by atoms with Crippen LogP contribution in [0.15, 0.2) is 0 Å². The Morgan fingerprint density at radius 2 is 0.493 bits per heavy atom. The third-order valence-corrected chi connectivity index (χ3v) is 20.6. The first-order chi connectivity index (χ1) is 65.7. The van der Waals surface area contributed by atoms with Crippen molar-refractivity contribution in [1.82, 2.24) is 69.1 Å². The lowest BCUT2D eigenvalue weighted by atomic mass is 9.95. The number of Topliss-reactive ketones (excluding diaryl/α,β-unsaturated/α-hetero) is 1. The monoisotopic (exact) mass is 1950 g/mol. The van der Waals surface area contributed by atoms with Gasteiger partial charge >= 0.3 is 0 Å². The average molecular weight is 1950 g/mol. The molecule has 0 rings (SSSR count). The zero-order valence-corrected chi connectivity index (χ0v) is 82.3. The van der Waals surface area contributed by atoms with Crippen molar-refractivity contribution in [2.75, 3.05) is 238 Å². The minimum absolute atomic E-state index is 0.0284. The van der Waals surface area contributed by atoms with Gasteiger partial charge in [-0.25, -0.2) is 0 Å². The summed E-state index contributed by atoms with van der Waals surface area (Å²) in [7, 11) is 3.33. The molecule has 0 saturated carbocycles. The first kappa shape index (κ1) is 129. The van der Waals surface area contributed by atoms with Gasteiger partial charge in [-0.1, -0.05) is 66.2 Å². The minimum atomic E-state index is -0.649. The van der Waals surface area contributed by atoms with E-state index in [4.69, 9.17) is 79.8 Å². The van der Waals surface area contributed by atoms with Gasteiger partial charge in [-0.2, -0.15) is 0 Å². The first-order valence-electron chi connectivity index (χ1n) is 48.6. The summed E-state index contributed by atoms with van der Waals surface area (Å²) >= 11 is 0. The van der Waals surface area contributed by atoms with Crippen LogP contribution in [0.4, 0.5) is 0 Å². The molecule has 0 aliphatic rings. The van der Waals surface area contributed by atoms with Gasteiger partial charge in [0.15, 0.2) is 5.78 Å². The van der Waals surface area contributed by atoms with E-state index in [1.54, 1.807) is 14.1 Å². The molecule has 788 valence electrons. The number of nitrogens with two attached hydrogens (primary N) is 4. The fraction of sp³-hybridized carbons (Fsp3) is 0.824. The molecular formula is C91H171N17O28. The summed E-state index contributed by atoms with van der Waals surface area (Å²) in [6, 6.07) is -1.51. The average Bonchev–Trinajstić information content (AvgIpc) is 0.919. The van der Waals surface area contributed by atoms with Crippen molar-refractivity contribution in [2.45, 2.75) is 232 Å². The molecule has 0 aliphatic carbocycles. The maximum absolute atomic E-state index is 13.2. The van der Waals surface area contributed by atoms with E-state index in [0.717, 1.165) is 51.4 Å². The molecule has 21 N–H and O–H groups in total. The Kier molecular flexibility index (Phi) is 89.1. The van der Waals surface area contributed by atoms with Gasteiger partial charge in [-0.3, -0.25) is 76.7 Å². The number of rotatable bonds is 97. The summed E-state index contributed by atoms with van der Waals surface area (Å²) in [6.45, 7) is 15.6. The Hall–Kier alpha value is -8.84. The summed E-state index contributed by atoms with van der Waals surface area (Å²) in [6.07, 6.45) is 16.6. The molecule has 136 heavy (non-hydrogen) atoms. The molecule has 0 unspecified atom stereocenters. The summed E-state index contributed by atoms with van der Waals surface area (Å²) in [4.78, 5) is 193. The van der Waals surface area contributed by atoms with E-state index in [1.807, 2.05) is 20.8 Å². The van der Waals surface area contributed by atoms with Crippen molar-refractivity contribution in [1.29, 1.82) is 0 Å². The number of ketones is 1. The zero-order chi connectivity index (χ0) is 101. The summed E-state index contributed by atoms with van der Waals surface area (Å²) in [5.41, 5.74) is 21.4. The third kappa shape index (κ3) is 84.4. The van der Waals surface area contributed by atoms with Crippen LogP contribution in [0, 0.1) is 17.8 Å². The van der Waals surface area contributed by atoms with Crippen LogP contribution in [-0.4, -0.2) is 351 Å². The molecule has 0 fully saturated rings. The smallest absolute Gasteiger partial charge is 0.246 e. The van der Waals surface area contributed by atoms with E-state index in [2.05, 4.69) is 76.0 Å². The van der Waals surface area contributed by atoms with Crippen LogP contribution in [0.1, 0.15) is 214 Å². The van der Waals surface area contributed by atoms with E-state index in [-0.39, 0.29) is 298 Å². The van der Waals surface area contributed by atoms with Gasteiger partial charge in [0.1, 0.15) is 45.7 Å². The molecule has 45 nitrogen and oxygen atoms in total. The first-order valence-corrected chi connectivity index (χ1v) is 48.6. The van der Waals surface area contributed by atoms with Gasteiger partial charge in [0, 0.05) is 122 Å². The highest BCUT2D eigenvalue weighted by molar-refractivity contribution is 5.89. The highest BCUT2D eigenvalue weighted by Crippen LogP contribution is 2.17. The van der Waals surface area contributed by atoms with E-state index < -0.39 is 35.9 Å². The van der Waals surface area contributed by atoms with Gasteiger partial charge in [-0.05, 0) is 130 Å². The standard InChI is InChI=1S/C52H97N9O17.C39H74N8O11/c1-4-24-71-28-33-76-39-48(66)59-22-26-73-29-32-75-37-43(62)36-42(52(70)61-20-11-8-15-44(55-3)51(54)69)14-7-10-18-56-45(63)16-12-17-46(64)58-21-25-72-30-35-78-40-49(67)60-23-27-74-31-34-77-38-47(65)57-19-9-6-13-41(5-2)50(53)68;1-4-6-7-15-32(39(54)46-19-11-9-14-31(42-3)38(41)53)47-34(49)17-12-16-33(48)44-20-22-55-24-27-58-29-36(51)45-21-23-56-25-26-57-28-35(50)43-18-10-8-13-30(5-2)37(40)52/h41-42,44,55H,4-40H2,1-3H3,(H2,53,68)(H2,54,69)(H,56,63)(H,57,65)(H,58,64)(H,59,66)(H,60,67)(H,61,70);30-32,42H,4-29H2,1-3H3,(H2,40,52)(H2,41,53)(H,43,50)(H,44,48)(H,45,51)(H,46,54)(H,47,49)/t41-,42+,44-;30-,31-,32-/m00/s1. The Balaban J connectivity index is 0. The number of ether oxygens (including phenoxy) is 12. The normalized spacial score (nSPS) is 12.4. The Morgan fingerprint density at radius 3 is 0.809 bits per heavy atom. The predicted octanol–water partition coefficient (Wildman–Crippen LogP) is -1.25. The van der Waals surface area contributed by atoms with Gasteiger partial charge < -0.3 is 149 Å². The van der Waals surface area contributed by atoms with Crippen molar-refractivity contribution in [2.24, 2.45) is 40.7 Å². The number of amides is 15. The third-order valence-electron chi connectivity index (χ3n) is 20.6. The van der Waals surface area contributed by atoms with Crippen LogP contribution in [0.25, 0.3) is 0 Å². The summed E-state index contributed by atoms with van der Waals surface area (Å²) in [5.74, 6) is -5.32. The number of carbonyl (C=O) groups excluding carboxylic acids is 16. The molecule has 0 spiro atoms. The van der Waals surface area contributed by atoms with Crippen molar-refractivity contribution in [3.63, 3.8) is 0 Å². The highest BCUT2D eigenvalue weighted by atomic mass is 16.6. The maximum Gasteiger partial charge on any atom is 0.246 e. The molecule has 45 heteroatoms. The molecule has 0 radical (unpaired) electrons. The number of likely N-dealkylation sites (N-methyl/N-ethyl adjacent to an activating group) is 2. The lowest BCUT2D eigenvalue weighted by Gasteiger charge is -2.19. The second-order valence-electron chi connectivity index (χ2n) is 32.1. The molecule has 0 aromatic heterocycles. The summed E-state index contributed by atoms with van der Waals surface area (Å²) in [5, 5.41) is 36.2. The van der Waals surface area contributed by atoms with Crippen LogP contribution in [0.2, 0.25) is 0 Å². The predicted molar refractivity (Wildman–Crippen MR) is 506 cm³/mol. The van der Waals surface area contributed by atoms with Crippen molar-refractivity contribution >= 4 is 94.4 Å². The molecule has 0 aromatic carbocycles. The molecule has 0 aliphatic heterocycles. The molecule has 0 bridgehead atoms. The van der Waals surface area contributed by atoms with E-state index in [1.165, 1.54) is 0 Å². The van der Waals surface area contributed by atoms with Crippen LogP contribution < -0.4 is 92.1 Å². The Morgan fingerprint density at radius 1 is 0.228 bits per heavy atom. The minimum Gasteiger partial charge on any atom is -0.379 e. The highest BCUT2D eigenvalue weighted by Gasteiger charge is 2.25. The van der Waals surface area contributed by atoms with Crippen molar-refractivity contribution in [3.8, 4) is 0 Å². The molecule has 6 atom stereocenters. The lowest BCUT2D eigenvalue weighted by Crippen LogP contribution is -2.47. The number of hydrogen-bond acceptors (Lipinski definition) is 30. The second-order valence-corrected chi connectivity index (χ2v) is 32.1. The van der Waals surface area contributed by atoms with Gasteiger partial charge in [0.2, 0.25) is 88.6 Å². The van der Waals surface area contributed by atoms with Crippen LogP contribution >= 0.6 is 0 Å². The fourth-order valence-corrected chi connectivity index (χ4v) is 12.7. The quantitative estimate of drug-likeness (QED) is 0.0316. The topological polar surface area (TPSA) is 644 Å². The number of carbonyl (C=O) groups is 16. The van der Waals surface area contributed by atoms with Gasteiger partial charge in [-0.15, -0.1) is 0 Å². The van der Waals surface area contributed by atoms with E-state index in [9.17, 15) is 76.7 Å². The fourth-order valence-electron chi connectivity index (χ4n) is 12.7. The number of unbranched alkanes of at least 4 members (excludes halogenated alkanes) is 7. The largest absolute Gasteiger partial charge is 0.379 e. The zero-order valence-electron chi connectivity index (χ0n) is 82.3. The number of hydrogen-bond donors (Lipinski definition) is 17. The molecular weight excluding hydrogens is 1780 g/mol. The molecule has 0 heterocycles. The SMILES string of the molecule is CCCCC[C@H](NC(=O)CCCC(=O)NCCOCCOCC(=O)NCCOCCOCC(=O)NCCCC[C@H](CC)C(N)=O)C(=O)NCCCC[C@H](NC)C(N)=O.CCCOCCOCC(=O)NCCOCCOCC(=O)C[C@@H](CCCCNC(=O)CCCC(=O)NCCOCCOCC(=O)NCCOCCOCC(=O)NCCCC[C@H](CC)C(N)=O)C(=O)NCCCC[C@H](NC)C(N)=O. The van der Waals surface area contributed by atoms with E-state index >= 15 is 0 Å². The Labute approximate surface area is 804 Å². The number of primary amides is 4. The second kappa shape index (κ2) is 93.8. The van der Waals surface area contributed by atoms with Crippen LogP contribution in [0.5, 0.6) is 0 Å².